The molecular formula is C13H18N2O3. The van der Waals surface area contributed by atoms with Gasteiger partial charge in [0.05, 0.1) is 6.54 Å². The van der Waals surface area contributed by atoms with Crippen LogP contribution in [0.2, 0.25) is 0 Å². The molecule has 0 aromatic heterocycles. The van der Waals surface area contributed by atoms with Gasteiger partial charge in [0.1, 0.15) is 0 Å². The van der Waals surface area contributed by atoms with Gasteiger partial charge in [-0.15, -0.1) is 0 Å². The third-order valence-corrected chi connectivity index (χ3v) is 2.40. The monoisotopic (exact) mass is 250 g/mol. The minimum absolute atomic E-state index is 0.0878. The molecule has 1 rings (SSSR count). The maximum Gasteiger partial charge on any atom is 0.303 e. The molecule has 0 radical (unpaired) electrons. The van der Waals surface area contributed by atoms with Gasteiger partial charge in [-0.2, -0.15) is 0 Å². The van der Waals surface area contributed by atoms with Crippen LogP contribution in [0.5, 0.6) is 0 Å². The quantitative estimate of drug-likeness (QED) is 0.680. The molecule has 5 nitrogen and oxygen atoms in total. The largest absolute Gasteiger partial charge is 0.481 e. The van der Waals surface area contributed by atoms with Gasteiger partial charge in [-0.1, -0.05) is 19.1 Å². The van der Waals surface area contributed by atoms with Crippen LogP contribution in [-0.2, 0) is 16.0 Å². The van der Waals surface area contributed by atoms with E-state index in [4.69, 9.17) is 5.11 Å². The van der Waals surface area contributed by atoms with Gasteiger partial charge in [0.25, 0.3) is 0 Å². The molecule has 5 heteroatoms. The first-order valence-electron chi connectivity index (χ1n) is 5.93. The van der Waals surface area contributed by atoms with Crippen molar-refractivity contribution in [2.24, 2.45) is 0 Å². The molecule has 1 aromatic rings. The molecule has 0 aliphatic carbocycles. The fraction of sp³-hybridized carbons (Fsp3) is 0.385. The minimum atomic E-state index is -0.807. The third-order valence-electron chi connectivity index (χ3n) is 2.40. The number of carboxylic acid groups (broad SMARTS) is 1. The van der Waals surface area contributed by atoms with Gasteiger partial charge in [-0.25, -0.2) is 0 Å². The van der Waals surface area contributed by atoms with Crippen LogP contribution in [0.4, 0.5) is 5.69 Å². The predicted molar refractivity (Wildman–Crippen MR) is 69.6 cm³/mol. The summed E-state index contributed by atoms with van der Waals surface area (Å²) in [7, 11) is 0. The van der Waals surface area contributed by atoms with Crippen LogP contribution in [0.15, 0.2) is 24.3 Å². The Balaban J connectivity index is 2.44. The van der Waals surface area contributed by atoms with Gasteiger partial charge in [-0.05, 0) is 30.7 Å². The zero-order valence-electron chi connectivity index (χ0n) is 10.4. The number of carbonyl (C=O) groups excluding carboxylic acids is 1. The summed E-state index contributed by atoms with van der Waals surface area (Å²) >= 11 is 0. The van der Waals surface area contributed by atoms with Gasteiger partial charge in [-0.3, -0.25) is 9.59 Å². The van der Waals surface area contributed by atoms with E-state index < -0.39 is 5.97 Å². The summed E-state index contributed by atoms with van der Waals surface area (Å²) in [4.78, 5) is 21.8. The highest BCUT2D eigenvalue weighted by atomic mass is 16.4. The Labute approximate surface area is 106 Å². The smallest absolute Gasteiger partial charge is 0.303 e. The van der Waals surface area contributed by atoms with Crippen molar-refractivity contribution in [2.75, 3.05) is 18.4 Å². The van der Waals surface area contributed by atoms with Crippen molar-refractivity contribution in [2.45, 2.75) is 19.8 Å². The number of hydrogen-bond acceptors (Lipinski definition) is 3. The van der Waals surface area contributed by atoms with Crippen molar-refractivity contribution in [3.05, 3.63) is 29.8 Å². The first-order chi connectivity index (χ1) is 8.61. The summed E-state index contributed by atoms with van der Waals surface area (Å²) in [5, 5.41) is 14.3. The second-order valence-corrected chi connectivity index (χ2v) is 3.92. The summed E-state index contributed by atoms with van der Waals surface area (Å²) in [5.41, 5.74) is 1.67. The van der Waals surface area contributed by atoms with E-state index in [1.807, 2.05) is 19.1 Å². The highest BCUT2D eigenvalue weighted by molar-refractivity contribution is 5.92. The normalized spacial score (nSPS) is 10.1. The number of carbonyl (C=O) groups is 2. The van der Waals surface area contributed by atoms with E-state index in [1.165, 1.54) is 0 Å². The van der Waals surface area contributed by atoms with E-state index in [1.54, 1.807) is 12.1 Å². The average molecular weight is 250 g/mol. The van der Waals surface area contributed by atoms with Crippen molar-refractivity contribution in [1.82, 2.24) is 5.32 Å². The number of hydrogen-bond donors (Lipinski definition) is 3. The molecule has 1 aromatic carbocycles. The van der Waals surface area contributed by atoms with Crippen molar-refractivity contribution >= 4 is 17.6 Å². The Morgan fingerprint density at radius 2 is 1.89 bits per heavy atom. The van der Waals surface area contributed by atoms with Gasteiger partial charge in [0, 0.05) is 12.1 Å². The van der Waals surface area contributed by atoms with Gasteiger partial charge >= 0.3 is 5.97 Å². The van der Waals surface area contributed by atoms with E-state index in [9.17, 15) is 9.59 Å². The van der Waals surface area contributed by atoms with E-state index >= 15 is 0 Å². The number of likely N-dealkylation sites (N-methyl/N-ethyl adjacent to an activating group) is 1. The summed E-state index contributed by atoms with van der Waals surface area (Å²) in [5.74, 6) is -0.895. The molecule has 0 saturated heterocycles. The molecule has 18 heavy (non-hydrogen) atoms. The summed E-state index contributed by atoms with van der Waals surface area (Å²) in [6, 6.07) is 7.21. The van der Waals surface area contributed by atoms with Crippen LogP contribution in [0, 0.1) is 0 Å². The molecule has 0 unspecified atom stereocenters. The number of aryl methyl sites for hydroxylation is 1. The maximum absolute atomic E-state index is 11.4. The Morgan fingerprint density at radius 3 is 2.44 bits per heavy atom. The number of aliphatic carboxylic acids is 1. The molecule has 0 heterocycles. The molecular weight excluding hydrogens is 232 g/mol. The summed E-state index contributed by atoms with van der Waals surface area (Å²) < 4.78 is 0. The van der Waals surface area contributed by atoms with Crippen LogP contribution >= 0.6 is 0 Å². The first-order valence-corrected chi connectivity index (χ1v) is 5.93. The average Bonchev–Trinajstić information content (AvgIpc) is 2.35. The maximum atomic E-state index is 11.4. The van der Waals surface area contributed by atoms with Crippen molar-refractivity contribution in [3.8, 4) is 0 Å². The number of benzene rings is 1. The lowest BCUT2D eigenvalue weighted by Gasteiger charge is -2.06. The summed E-state index contributed by atoms with van der Waals surface area (Å²) in [6.45, 7) is 2.98. The van der Waals surface area contributed by atoms with Crippen LogP contribution in [-0.4, -0.2) is 30.1 Å². The minimum Gasteiger partial charge on any atom is -0.481 e. The number of amides is 1. The molecule has 0 aliphatic rings. The van der Waals surface area contributed by atoms with E-state index in [0.717, 1.165) is 17.8 Å². The third kappa shape index (κ3) is 5.45. The van der Waals surface area contributed by atoms with E-state index in [-0.39, 0.29) is 18.9 Å². The zero-order valence-corrected chi connectivity index (χ0v) is 10.4. The molecule has 0 spiro atoms. The standard InChI is InChI=1S/C13H18N2O3/c1-2-14-9-12(16)15-11-6-3-10(4-7-11)5-8-13(17)18/h3-4,6-7,14H,2,5,8-9H2,1H3,(H,15,16)(H,17,18). The molecule has 1 amide bonds. The predicted octanol–water partition coefficient (Wildman–Crippen LogP) is 1.25. The fourth-order valence-corrected chi connectivity index (χ4v) is 1.45. The zero-order chi connectivity index (χ0) is 13.4. The number of nitrogens with one attached hydrogen (secondary N) is 2. The topological polar surface area (TPSA) is 78.4 Å². The molecule has 0 bridgehead atoms. The van der Waals surface area contributed by atoms with Crippen LogP contribution < -0.4 is 10.6 Å². The Kier molecular flexibility index (Phi) is 5.87. The Morgan fingerprint density at radius 1 is 1.22 bits per heavy atom. The second kappa shape index (κ2) is 7.45. The first kappa shape index (κ1) is 14.2. The molecule has 0 fully saturated rings. The molecule has 98 valence electrons. The fourth-order valence-electron chi connectivity index (χ4n) is 1.45. The van der Waals surface area contributed by atoms with Gasteiger partial charge in [0.2, 0.25) is 5.91 Å². The SMILES string of the molecule is CCNCC(=O)Nc1ccc(CCC(=O)O)cc1. The number of carboxylic acids is 1. The molecule has 3 N–H and O–H groups in total. The second-order valence-electron chi connectivity index (χ2n) is 3.92. The molecule has 0 atom stereocenters. The van der Waals surface area contributed by atoms with Crippen LogP contribution in [0.1, 0.15) is 18.9 Å². The Hall–Kier alpha value is -1.88. The number of rotatable bonds is 7. The van der Waals surface area contributed by atoms with Gasteiger partial charge < -0.3 is 15.7 Å². The summed E-state index contributed by atoms with van der Waals surface area (Å²) in [6.07, 6.45) is 0.618. The van der Waals surface area contributed by atoms with E-state index in [0.29, 0.717) is 6.42 Å². The van der Waals surface area contributed by atoms with E-state index in [2.05, 4.69) is 10.6 Å². The van der Waals surface area contributed by atoms with Crippen LogP contribution in [0.25, 0.3) is 0 Å². The van der Waals surface area contributed by atoms with Crippen molar-refractivity contribution in [1.29, 1.82) is 0 Å². The molecule has 0 aliphatic heterocycles. The number of anilines is 1. The highest BCUT2D eigenvalue weighted by Crippen LogP contribution is 2.10. The Bertz CT molecular complexity index is 401. The van der Waals surface area contributed by atoms with Crippen molar-refractivity contribution in [3.63, 3.8) is 0 Å². The van der Waals surface area contributed by atoms with Crippen molar-refractivity contribution < 1.29 is 14.7 Å². The van der Waals surface area contributed by atoms with Gasteiger partial charge in [0.15, 0.2) is 0 Å². The lowest BCUT2D eigenvalue weighted by atomic mass is 10.1. The lowest BCUT2D eigenvalue weighted by Crippen LogP contribution is -2.27. The lowest BCUT2D eigenvalue weighted by molar-refractivity contribution is -0.137. The van der Waals surface area contributed by atoms with Crippen LogP contribution in [0.3, 0.4) is 0 Å². The highest BCUT2D eigenvalue weighted by Gasteiger charge is 2.02. The molecule has 0 saturated carbocycles.